The van der Waals surface area contributed by atoms with Crippen LogP contribution in [0.5, 0.6) is 5.75 Å². The van der Waals surface area contributed by atoms with Gasteiger partial charge in [-0.2, -0.15) is 5.10 Å². The van der Waals surface area contributed by atoms with Crippen LogP contribution >= 0.6 is 23.2 Å². The fourth-order valence-corrected chi connectivity index (χ4v) is 2.37. The van der Waals surface area contributed by atoms with Crippen LogP contribution in [0, 0.1) is 0 Å². The Morgan fingerprint density at radius 3 is 2.54 bits per heavy atom. The van der Waals surface area contributed by atoms with Gasteiger partial charge >= 0.3 is 0 Å². The molecule has 4 nitrogen and oxygen atoms in total. The number of hydrogen-bond acceptors (Lipinski definition) is 3. The van der Waals surface area contributed by atoms with Crippen LogP contribution in [0.15, 0.2) is 47.6 Å². The number of halogens is 2. The van der Waals surface area contributed by atoms with E-state index in [2.05, 4.69) is 24.4 Å². The van der Waals surface area contributed by atoms with Crippen molar-refractivity contribution in [3.05, 3.63) is 63.6 Å². The van der Waals surface area contributed by atoms with Gasteiger partial charge in [0.15, 0.2) is 6.61 Å². The van der Waals surface area contributed by atoms with E-state index < -0.39 is 0 Å². The van der Waals surface area contributed by atoms with Crippen LogP contribution in [0.25, 0.3) is 0 Å². The lowest BCUT2D eigenvalue weighted by Gasteiger charge is -2.08. The second-order valence-electron chi connectivity index (χ2n) is 5.47. The molecule has 0 unspecified atom stereocenters. The molecule has 24 heavy (non-hydrogen) atoms. The van der Waals surface area contributed by atoms with Gasteiger partial charge in [0, 0.05) is 10.6 Å². The lowest BCUT2D eigenvalue weighted by atomic mass is 10.0. The molecule has 0 aliphatic rings. The molecule has 2 rings (SSSR count). The molecule has 0 aliphatic carbocycles. The van der Waals surface area contributed by atoms with Crippen LogP contribution in [-0.4, -0.2) is 18.7 Å². The maximum atomic E-state index is 11.7. The van der Waals surface area contributed by atoms with Crippen LogP contribution in [-0.2, 0) is 4.79 Å². The average Bonchev–Trinajstić information content (AvgIpc) is 2.55. The molecule has 0 saturated heterocycles. The number of nitrogens with zero attached hydrogens (tertiary/aromatic N) is 1. The molecule has 1 amide bonds. The van der Waals surface area contributed by atoms with Crippen LogP contribution < -0.4 is 10.2 Å². The van der Waals surface area contributed by atoms with E-state index in [0.717, 1.165) is 0 Å². The molecule has 2 aromatic carbocycles. The predicted octanol–water partition coefficient (Wildman–Crippen LogP) is 4.65. The quantitative estimate of drug-likeness (QED) is 0.599. The summed E-state index contributed by atoms with van der Waals surface area (Å²) in [4.78, 5) is 11.7. The molecule has 0 radical (unpaired) electrons. The summed E-state index contributed by atoms with van der Waals surface area (Å²) < 4.78 is 5.42. The summed E-state index contributed by atoms with van der Waals surface area (Å²) in [6.45, 7) is 4.12. The Hall–Kier alpha value is -2.04. The zero-order chi connectivity index (χ0) is 17.5. The van der Waals surface area contributed by atoms with E-state index >= 15 is 0 Å². The highest BCUT2D eigenvalue weighted by atomic mass is 35.5. The van der Waals surface area contributed by atoms with Gasteiger partial charge in [0.25, 0.3) is 5.91 Å². The summed E-state index contributed by atoms with van der Waals surface area (Å²) in [6.07, 6.45) is 1.45. The van der Waals surface area contributed by atoms with Crippen LogP contribution in [0.3, 0.4) is 0 Å². The van der Waals surface area contributed by atoms with E-state index in [1.165, 1.54) is 11.8 Å². The van der Waals surface area contributed by atoms with E-state index in [4.69, 9.17) is 27.9 Å². The van der Waals surface area contributed by atoms with Gasteiger partial charge in [-0.15, -0.1) is 0 Å². The molecule has 126 valence electrons. The standard InChI is InChI=1S/C18H18Cl2N2O2/c1-12(2)13-4-7-16(8-5-13)24-11-18(23)22-21-10-14-3-6-15(19)9-17(14)20/h3-10,12H,11H2,1-2H3,(H,22,23). The molecule has 0 aliphatic heterocycles. The van der Waals surface area contributed by atoms with E-state index in [0.29, 0.717) is 27.3 Å². The third kappa shape index (κ3) is 5.55. The normalized spacial score (nSPS) is 11.0. The molecular formula is C18H18Cl2N2O2. The van der Waals surface area contributed by atoms with Crippen LogP contribution in [0.1, 0.15) is 30.9 Å². The Labute approximate surface area is 151 Å². The summed E-state index contributed by atoms with van der Waals surface area (Å²) in [7, 11) is 0. The SMILES string of the molecule is CC(C)c1ccc(OCC(=O)NN=Cc2ccc(Cl)cc2Cl)cc1. The molecule has 0 spiro atoms. The molecule has 0 atom stereocenters. The molecule has 0 saturated carbocycles. The van der Waals surface area contributed by atoms with Gasteiger partial charge in [-0.3, -0.25) is 4.79 Å². The van der Waals surface area contributed by atoms with E-state index in [-0.39, 0.29) is 12.5 Å². The summed E-state index contributed by atoms with van der Waals surface area (Å²) in [6, 6.07) is 12.7. The van der Waals surface area contributed by atoms with Gasteiger partial charge in [0.2, 0.25) is 0 Å². The van der Waals surface area contributed by atoms with E-state index in [9.17, 15) is 4.79 Å². The largest absolute Gasteiger partial charge is 0.484 e. The molecule has 0 aromatic heterocycles. The molecule has 6 heteroatoms. The first-order chi connectivity index (χ1) is 11.5. The van der Waals surface area contributed by atoms with Crippen molar-refractivity contribution in [2.45, 2.75) is 19.8 Å². The van der Waals surface area contributed by atoms with Crippen molar-refractivity contribution in [2.75, 3.05) is 6.61 Å². The minimum Gasteiger partial charge on any atom is -0.484 e. The van der Waals surface area contributed by atoms with Crippen LogP contribution in [0.4, 0.5) is 0 Å². The van der Waals surface area contributed by atoms with Gasteiger partial charge in [-0.25, -0.2) is 5.43 Å². The fourth-order valence-electron chi connectivity index (χ4n) is 1.91. The van der Waals surface area contributed by atoms with Gasteiger partial charge < -0.3 is 4.74 Å². The Kier molecular flexibility index (Phi) is 6.64. The van der Waals surface area contributed by atoms with Crippen molar-refractivity contribution < 1.29 is 9.53 Å². The van der Waals surface area contributed by atoms with Gasteiger partial charge in [0.1, 0.15) is 5.75 Å². The zero-order valence-corrected chi connectivity index (χ0v) is 14.9. The van der Waals surface area contributed by atoms with Crippen molar-refractivity contribution in [2.24, 2.45) is 5.10 Å². The number of nitrogens with one attached hydrogen (secondary N) is 1. The Morgan fingerprint density at radius 2 is 1.92 bits per heavy atom. The van der Waals surface area contributed by atoms with E-state index in [1.807, 2.05) is 24.3 Å². The number of rotatable bonds is 6. The van der Waals surface area contributed by atoms with Crippen molar-refractivity contribution in [3.63, 3.8) is 0 Å². The van der Waals surface area contributed by atoms with Crippen LogP contribution in [0.2, 0.25) is 10.0 Å². The zero-order valence-electron chi connectivity index (χ0n) is 13.4. The van der Waals surface area contributed by atoms with Crippen molar-refractivity contribution >= 4 is 35.3 Å². The van der Waals surface area contributed by atoms with Crippen molar-refractivity contribution in [1.82, 2.24) is 5.43 Å². The number of hydrazone groups is 1. The molecule has 2 aromatic rings. The Bertz CT molecular complexity index is 728. The third-order valence-corrected chi connectivity index (χ3v) is 3.83. The lowest BCUT2D eigenvalue weighted by Crippen LogP contribution is -2.24. The minimum atomic E-state index is -0.357. The topological polar surface area (TPSA) is 50.7 Å². The first kappa shape index (κ1) is 18.3. The third-order valence-electron chi connectivity index (χ3n) is 3.27. The second kappa shape index (κ2) is 8.71. The number of benzene rings is 2. The maximum Gasteiger partial charge on any atom is 0.277 e. The highest BCUT2D eigenvalue weighted by Crippen LogP contribution is 2.19. The number of amides is 1. The molecule has 0 fully saturated rings. The predicted molar refractivity (Wildman–Crippen MR) is 98.2 cm³/mol. The van der Waals surface area contributed by atoms with Crippen molar-refractivity contribution in [3.8, 4) is 5.75 Å². The number of carbonyl (C=O) groups excluding carboxylic acids is 1. The highest BCUT2D eigenvalue weighted by molar-refractivity contribution is 6.36. The summed E-state index contributed by atoms with van der Waals surface area (Å²) in [5, 5.41) is 4.85. The summed E-state index contributed by atoms with van der Waals surface area (Å²) >= 11 is 11.8. The van der Waals surface area contributed by atoms with Gasteiger partial charge in [-0.05, 0) is 35.7 Å². The summed E-state index contributed by atoms with van der Waals surface area (Å²) in [5.74, 6) is 0.736. The number of carbonyl (C=O) groups is 1. The molecular weight excluding hydrogens is 347 g/mol. The van der Waals surface area contributed by atoms with Crippen molar-refractivity contribution in [1.29, 1.82) is 0 Å². The Balaban J connectivity index is 1.81. The first-order valence-corrected chi connectivity index (χ1v) is 8.21. The molecule has 1 N–H and O–H groups in total. The first-order valence-electron chi connectivity index (χ1n) is 7.45. The minimum absolute atomic E-state index is 0.118. The fraction of sp³-hybridized carbons (Fsp3) is 0.222. The molecule has 0 bridgehead atoms. The summed E-state index contributed by atoms with van der Waals surface area (Å²) in [5.41, 5.74) is 4.26. The van der Waals surface area contributed by atoms with Gasteiger partial charge in [0.05, 0.1) is 11.2 Å². The maximum absolute atomic E-state index is 11.7. The number of ether oxygens (including phenoxy) is 1. The average molecular weight is 365 g/mol. The van der Waals surface area contributed by atoms with E-state index in [1.54, 1.807) is 18.2 Å². The van der Waals surface area contributed by atoms with Gasteiger partial charge in [-0.1, -0.05) is 55.2 Å². The lowest BCUT2D eigenvalue weighted by molar-refractivity contribution is -0.123. The monoisotopic (exact) mass is 364 g/mol. The Morgan fingerprint density at radius 1 is 1.21 bits per heavy atom. The second-order valence-corrected chi connectivity index (χ2v) is 6.32. The smallest absolute Gasteiger partial charge is 0.277 e. The number of hydrogen-bond donors (Lipinski definition) is 1. The molecule has 0 heterocycles. The highest BCUT2D eigenvalue weighted by Gasteiger charge is 2.03.